The van der Waals surface area contributed by atoms with Crippen LogP contribution in [0.3, 0.4) is 0 Å². The highest BCUT2D eigenvalue weighted by Crippen LogP contribution is 2.70. The second-order valence-electron chi connectivity index (χ2n) is 15.6. The molecule has 53 heavy (non-hydrogen) atoms. The van der Waals surface area contributed by atoms with Crippen LogP contribution >= 0.6 is 0 Å². The van der Waals surface area contributed by atoms with Gasteiger partial charge in [-0.15, -0.1) is 0 Å². The van der Waals surface area contributed by atoms with Crippen molar-refractivity contribution in [1.82, 2.24) is 0 Å². The molecule has 0 saturated carbocycles. The second kappa shape index (κ2) is 10.1. The molecule has 1 unspecified atom stereocenters. The van der Waals surface area contributed by atoms with E-state index in [1.54, 1.807) is 0 Å². The monoisotopic (exact) mass is 673 g/mol. The van der Waals surface area contributed by atoms with Crippen LogP contribution in [0.4, 0.5) is 17.1 Å². The third kappa shape index (κ3) is 3.57. The molecule has 8 aromatic rings. The molecule has 0 N–H and O–H groups in total. The van der Waals surface area contributed by atoms with Gasteiger partial charge in [0.25, 0.3) is 0 Å². The van der Waals surface area contributed by atoms with Gasteiger partial charge < -0.3 is 4.90 Å². The lowest BCUT2D eigenvalue weighted by molar-refractivity contribution is 0.660. The van der Waals surface area contributed by atoms with E-state index >= 15 is 0 Å². The molecular weight excluding hydrogens is 639 g/mol. The van der Waals surface area contributed by atoms with E-state index in [1.807, 2.05) is 0 Å². The van der Waals surface area contributed by atoms with Crippen LogP contribution < -0.4 is 4.90 Å². The summed E-state index contributed by atoms with van der Waals surface area (Å²) in [6.07, 6.45) is 0. The molecule has 0 bridgehead atoms. The molecule has 0 saturated heterocycles. The Labute approximate surface area is 310 Å². The van der Waals surface area contributed by atoms with E-state index in [-0.39, 0.29) is 10.8 Å². The summed E-state index contributed by atoms with van der Waals surface area (Å²) in [6.45, 7) is 4.74. The fourth-order valence-corrected chi connectivity index (χ4v) is 10.6. The molecular formula is C52H35N. The Morgan fingerprint density at radius 2 is 0.755 bits per heavy atom. The van der Waals surface area contributed by atoms with Gasteiger partial charge in [0.15, 0.2) is 0 Å². The van der Waals surface area contributed by atoms with Gasteiger partial charge in [-0.1, -0.05) is 153 Å². The van der Waals surface area contributed by atoms with Crippen LogP contribution in [0.2, 0.25) is 0 Å². The molecule has 1 spiro atoms. The van der Waals surface area contributed by atoms with Crippen LogP contribution in [-0.2, 0) is 10.8 Å². The normalized spacial score (nSPS) is 16.7. The largest absolute Gasteiger partial charge is 0.310 e. The van der Waals surface area contributed by atoms with Crippen molar-refractivity contribution in [3.05, 3.63) is 209 Å². The van der Waals surface area contributed by atoms with Gasteiger partial charge in [-0.25, -0.2) is 0 Å². The van der Waals surface area contributed by atoms with E-state index in [0.717, 1.165) is 5.69 Å². The average molecular weight is 674 g/mol. The minimum Gasteiger partial charge on any atom is -0.310 e. The molecule has 1 atom stereocenters. The van der Waals surface area contributed by atoms with Crippen molar-refractivity contribution < 1.29 is 0 Å². The minimum atomic E-state index is -0.329. The van der Waals surface area contributed by atoms with Crippen molar-refractivity contribution in [3.8, 4) is 55.6 Å². The van der Waals surface area contributed by atoms with E-state index in [4.69, 9.17) is 0 Å². The summed E-state index contributed by atoms with van der Waals surface area (Å²) in [4.78, 5) is 2.48. The number of hydrogen-bond donors (Lipinski definition) is 0. The Morgan fingerprint density at radius 1 is 0.321 bits per heavy atom. The molecule has 0 amide bonds. The maximum atomic E-state index is 2.52. The molecule has 0 fully saturated rings. The van der Waals surface area contributed by atoms with E-state index in [2.05, 4.69) is 195 Å². The minimum absolute atomic E-state index is 0.1000. The maximum absolute atomic E-state index is 2.52. The number of nitrogens with zero attached hydrogens (tertiary/aromatic N) is 1. The zero-order chi connectivity index (χ0) is 35.1. The third-order valence-corrected chi connectivity index (χ3v) is 12.8. The summed E-state index contributed by atoms with van der Waals surface area (Å²) >= 11 is 0. The van der Waals surface area contributed by atoms with Crippen molar-refractivity contribution in [1.29, 1.82) is 0 Å². The van der Waals surface area contributed by atoms with E-state index < -0.39 is 0 Å². The van der Waals surface area contributed by atoms with Crippen molar-refractivity contribution in [2.45, 2.75) is 24.7 Å². The Morgan fingerprint density at radius 3 is 1.40 bits per heavy atom. The number of hydrogen-bond acceptors (Lipinski definition) is 1. The summed E-state index contributed by atoms with van der Waals surface area (Å²) < 4.78 is 0. The summed E-state index contributed by atoms with van der Waals surface area (Å²) in [5.41, 5.74) is 24.8. The van der Waals surface area contributed by atoms with Crippen molar-refractivity contribution in [2.75, 3.05) is 4.90 Å². The summed E-state index contributed by atoms with van der Waals surface area (Å²) in [5.74, 6) is 0. The standard InChI is InChI=1S/C52H35N/c1-51(2)45-20-8-6-14-37(45)39-28-26-35(30-47(39)51)53(34-24-22-33(23-25-34)32-12-4-3-5-13-32)36-27-29-40-42-17-11-19-44-43-18-10-16-41-38-15-7-9-21-46(38)52(49(41)43,50(42)44)48(40)31-36/h3-31H,1-2H3. The number of rotatable bonds is 4. The lowest BCUT2D eigenvalue weighted by atomic mass is 9.73. The van der Waals surface area contributed by atoms with Gasteiger partial charge in [-0.3, -0.25) is 0 Å². The first-order valence-corrected chi connectivity index (χ1v) is 18.8. The van der Waals surface area contributed by atoms with Crippen LogP contribution in [0.15, 0.2) is 176 Å². The average Bonchev–Trinajstić information content (AvgIpc) is 3.87. The molecule has 0 aliphatic heterocycles. The maximum Gasteiger partial charge on any atom is 0.0738 e. The van der Waals surface area contributed by atoms with Crippen LogP contribution in [0.25, 0.3) is 55.6 Å². The van der Waals surface area contributed by atoms with Gasteiger partial charge >= 0.3 is 0 Å². The molecule has 1 heteroatoms. The zero-order valence-corrected chi connectivity index (χ0v) is 29.7. The van der Waals surface area contributed by atoms with Crippen molar-refractivity contribution >= 4 is 17.1 Å². The first-order valence-electron chi connectivity index (χ1n) is 18.8. The van der Waals surface area contributed by atoms with E-state index in [1.165, 1.54) is 100 Å². The SMILES string of the molecule is CC1(C)c2ccccc2-c2ccc(N(c3ccc(-c4ccccc4)cc3)c3ccc4c(c3)C35c6ccccc6-c6cccc(c63)-c3cccc-4c35)cc21. The number of fused-ring (bicyclic) bond motifs is 8. The Bertz CT molecular complexity index is 2820. The first kappa shape index (κ1) is 29.2. The third-order valence-electron chi connectivity index (χ3n) is 12.8. The predicted molar refractivity (Wildman–Crippen MR) is 219 cm³/mol. The molecule has 8 aromatic carbocycles. The smallest absolute Gasteiger partial charge is 0.0738 e. The number of benzene rings is 8. The second-order valence-corrected chi connectivity index (χ2v) is 15.6. The van der Waals surface area contributed by atoms with Crippen molar-refractivity contribution in [3.63, 3.8) is 0 Å². The highest BCUT2D eigenvalue weighted by Gasteiger charge is 2.57. The predicted octanol–water partition coefficient (Wildman–Crippen LogP) is 13.5. The summed E-state index contributed by atoms with van der Waals surface area (Å²) in [5, 5.41) is 0. The zero-order valence-electron chi connectivity index (χ0n) is 29.7. The molecule has 4 aliphatic carbocycles. The van der Waals surface area contributed by atoms with Gasteiger partial charge in [0.2, 0.25) is 0 Å². The molecule has 4 aliphatic rings. The van der Waals surface area contributed by atoms with Crippen LogP contribution in [0.1, 0.15) is 47.2 Å². The van der Waals surface area contributed by atoms with Gasteiger partial charge in [0, 0.05) is 22.5 Å². The highest BCUT2D eigenvalue weighted by molar-refractivity contribution is 6.06. The van der Waals surface area contributed by atoms with Gasteiger partial charge in [-0.05, 0) is 125 Å². The fraction of sp³-hybridized carbons (Fsp3) is 0.0769. The lowest BCUT2D eigenvalue weighted by Gasteiger charge is -2.31. The van der Waals surface area contributed by atoms with Crippen molar-refractivity contribution in [2.24, 2.45) is 0 Å². The molecule has 0 aromatic heterocycles. The number of anilines is 3. The van der Waals surface area contributed by atoms with Gasteiger partial charge in [0.1, 0.15) is 0 Å². The Hall–Kier alpha value is -6.44. The molecule has 0 radical (unpaired) electrons. The lowest BCUT2D eigenvalue weighted by Crippen LogP contribution is -2.23. The highest BCUT2D eigenvalue weighted by atomic mass is 15.1. The summed E-state index contributed by atoms with van der Waals surface area (Å²) in [6, 6.07) is 66.1. The quantitative estimate of drug-likeness (QED) is 0.180. The Kier molecular flexibility index (Phi) is 5.57. The van der Waals surface area contributed by atoms with Crippen LogP contribution in [0, 0.1) is 0 Å². The molecule has 248 valence electrons. The van der Waals surface area contributed by atoms with Gasteiger partial charge in [-0.2, -0.15) is 0 Å². The fourth-order valence-electron chi connectivity index (χ4n) is 10.6. The first-order chi connectivity index (χ1) is 26.0. The van der Waals surface area contributed by atoms with E-state index in [9.17, 15) is 0 Å². The Balaban J connectivity index is 1.10. The van der Waals surface area contributed by atoms with Crippen LogP contribution in [-0.4, -0.2) is 0 Å². The molecule has 12 rings (SSSR count). The molecule has 1 nitrogen and oxygen atoms in total. The van der Waals surface area contributed by atoms with Crippen LogP contribution in [0.5, 0.6) is 0 Å². The van der Waals surface area contributed by atoms with Gasteiger partial charge in [0.05, 0.1) is 5.41 Å². The molecule has 0 heterocycles. The topological polar surface area (TPSA) is 3.24 Å². The van der Waals surface area contributed by atoms with E-state index in [0.29, 0.717) is 0 Å². The summed E-state index contributed by atoms with van der Waals surface area (Å²) in [7, 11) is 0.